The minimum absolute atomic E-state index is 0.0112. The Kier molecular flexibility index (Phi) is 4.96. The van der Waals surface area contributed by atoms with Gasteiger partial charge in [-0.2, -0.15) is 0 Å². The fourth-order valence-electron chi connectivity index (χ4n) is 2.44. The quantitative estimate of drug-likeness (QED) is 0.877. The Bertz CT molecular complexity index is 511. The number of hydrogen-bond donors (Lipinski definition) is 2. The van der Waals surface area contributed by atoms with Crippen molar-refractivity contribution in [2.75, 3.05) is 26.0 Å². The van der Waals surface area contributed by atoms with Crippen LogP contribution in [0.3, 0.4) is 0 Å². The maximum Gasteiger partial charge on any atom is 0.241 e. The molecule has 1 saturated heterocycles. The second-order valence-electron chi connectivity index (χ2n) is 5.85. The lowest BCUT2D eigenvalue weighted by Crippen LogP contribution is -2.39. The van der Waals surface area contributed by atoms with Crippen LogP contribution in [0.1, 0.15) is 18.9 Å². The van der Waals surface area contributed by atoms with Crippen LogP contribution in [-0.4, -0.2) is 43.4 Å². The lowest BCUT2D eigenvalue weighted by molar-refractivity contribution is -0.128. The van der Waals surface area contributed by atoms with Crippen LogP contribution in [0.5, 0.6) is 0 Å². The molecule has 1 fully saturated rings. The standard InChI is InChI=1S/C16H23N3O2/c1-11-8-9-17-15(11)16(21)18-13-6-4-12(5-7-13)10-14(20)19(2)3/h4-7,11,15,17H,8-10H2,1-3H3,(H,18,21). The van der Waals surface area contributed by atoms with Crippen molar-refractivity contribution in [1.82, 2.24) is 10.2 Å². The zero-order chi connectivity index (χ0) is 15.4. The van der Waals surface area contributed by atoms with Crippen LogP contribution in [0.4, 0.5) is 5.69 Å². The van der Waals surface area contributed by atoms with Gasteiger partial charge in [-0.05, 0) is 36.6 Å². The van der Waals surface area contributed by atoms with Gasteiger partial charge in [0.15, 0.2) is 0 Å². The van der Waals surface area contributed by atoms with Crippen LogP contribution in [0.15, 0.2) is 24.3 Å². The van der Waals surface area contributed by atoms with Crippen molar-refractivity contribution in [3.05, 3.63) is 29.8 Å². The predicted molar refractivity (Wildman–Crippen MR) is 83.0 cm³/mol. The molecule has 1 aromatic rings. The van der Waals surface area contributed by atoms with Crippen LogP contribution in [0.2, 0.25) is 0 Å². The molecule has 0 aliphatic carbocycles. The molecule has 0 bridgehead atoms. The molecule has 1 heterocycles. The molecule has 0 aromatic heterocycles. The second-order valence-corrected chi connectivity index (χ2v) is 5.85. The molecular weight excluding hydrogens is 266 g/mol. The molecule has 5 heteroatoms. The highest BCUT2D eigenvalue weighted by atomic mass is 16.2. The lowest BCUT2D eigenvalue weighted by Gasteiger charge is -2.15. The normalized spacial score (nSPS) is 21.1. The lowest BCUT2D eigenvalue weighted by atomic mass is 10.0. The summed E-state index contributed by atoms with van der Waals surface area (Å²) in [7, 11) is 3.49. The van der Waals surface area contributed by atoms with Gasteiger partial charge in [0.25, 0.3) is 0 Å². The van der Waals surface area contributed by atoms with Crippen LogP contribution < -0.4 is 10.6 Å². The van der Waals surface area contributed by atoms with Gasteiger partial charge >= 0.3 is 0 Å². The van der Waals surface area contributed by atoms with E-state index in [1.807, 2.05) is 24.3 Å². The first-order chi connectivity index (χ1) is 9.97. The van der Waals surface area contributed by atoms with Gasteiger partial charge in [0.05, 0.1) is 12.5 Å². The first-order valence-electron chi connectivity index (χ1n) is 7.30. The minimum atomic E-state index is -0.111. The van der Waals surface area contributed by atoms with Crippen molar-refractivity contribution in [1.29, 1.82) is 0 Å². The Labute approximate surface area is 125 Å². The van der Waals surface area contributed by atoms with E-state index in [0.29, 0.717) is 12.3 Å². The Balaban J connectivity index is 1.93. The molecule has 0 radical (unpaired) electrons. The molecule has 0 spiro atoms. The summed E-state index contributed by atoms with van der Waals surface area (Å²) in [6, 6.07) is 7.33. The summed E-state index contributed by atoms with van der Waals surface area (Å²) in [5, 5.41) is 6.13. The fraction of sp³-hybridized carbons (Fsp3) is 0.500. The van der Waals surface area contributed by atoms with Gasteiger partial charge in [0.2, 0.25) is 11.8 Å². The molecule has 1 aromatic carbocycles. The topological polar surface area (TPSA) is 61.4 Å². The number of hydrogen-bond acceptors (Lipinski definition) is 3. The van der Waals surface area contributed by atoms with E-state index in [1.165, 1.54) is 0 Å². The number of nitrogens with zero attached hydrogens (tertiary/aromatic N) is 1. The number of amides is 2. The number of carbonyl (C=O) groups excluding carboxylic acids is 2. The predicted octanol–water partition coefficient (Wildman–Crippen LogP) is 1.25. The molecule has 2 amide bonds. The van der Waals surface area contributed by atoms with Gasteiger partial charge in [-0.3, -0.25) is 9.59 Å². The zero-order valence-electron chi connectivity index (χ0n) is 12.8. The average Bonchev–Trinajstić information content (AvgIpc) is 2.87. The number of anilines is 1. The van der Waals surface area contributed by atoms with Crippen molar-refractivity contribution in [2.24, 2.45) is 5.92 Å². The monoisotopic (exact) mass is 289 g/mol. The first kappa shape index (κ1) is 15.5. The van der Waals surface area contributed by atoms with Gasteiger partial charge in [0, 0.05) is 19.8 Å². The SMILES string of the molecule is CC1CCNC1C(=O)Nc1ccc(CC(=O)N(C)C)cc1. The summed E-state index contributed by atoms with van der Waals surface area (Å²) in [5.41, 5.74) is 1.71. The summed E-state index contributed by atoms with van der Waals surface area (Å²) < 4.78 is 0. The van der Waals surface area contributed by atoms with Crippen molar-refractivity contribution < 1.29 is 9.59 Å². The van der Waals surface area contributed by atoms with Gasteiger partial charge in [-0.25, -0.2) is 0 Å². The third kappa shape index (κ3) is 4.04. The van der Waals surface area contributed by atoms with Crippen molar-refractivity contribution in [3.63, 3.8) is 0 Å². The van der Waals surface area contributed by atoms with E-state index in [4.69, 9.17) is 0 Å². The van der Waals surface area contributed by atoms with E-state index in [1.54, 1.807) is 19.0 Å². The van der Waals surface area contributed by atoms with E-state index in [0.717, 1.165) is 24.2 Å². The molecule has 1 aliphatic heterocycles. The van der Waals surface area contributed by atoms with E-state index < -0.39 is 0 Å². The van der Waals surface area contributed by atoms with Crippen molar-refractivity contribution in [2.45, 2.75) is 25.8 Å². The number of benzene rings is 1. The van der Waals surface area contributed by atoms with Crippen LogP contribution in [0.25, 0.3) is 0 Å². The maximum atomic E-state index is 12.1. The second kappa shape index (κ2) is 6.72. The summed E-state index contributed by atoms with van der Waals surface area (Å²) in [6.07, 6.45) is 1.41. The van der Waals surface area contributed by atoms with E-state index >= 15 is 0 Å². The van der Waals surface area contributed by atoms with Gasteiger partial charge in [-0.1, -0.05) is 19.1 Å². The van der Waals surface area contributed by atoms with Crippen molar-refractivity contribution in [3.8, 4) is 0 Å². The Morgan fingerprint density at radius 3 is 2.48 bits per heavy atom. The smallest absolute Gasteiger partial charge is 0.241 e. The molecule has 2 unspecified atom stereocenters. The number of carbonyl (C=O) groups is 2. The summed E-state index contributed by atoms with van der Waals surface area (Å²) >= 11 is 0. The minimum Gasteiger partial charge on any atom is -0.349 e. The molecular formula is C16H23N3O2. The van der Waals surface area contributed by atoms with Crippen molar-refractivity contribution >= 4 is 17.5 Å². The Hall–Kier alpha value is -1.88. The molecule has 2 N–H and O–H groups in total. The van der Waals surface area contributed by atoms with Gasteiger partial charge in [0.1, 0.15) is 0 Å². The largest absolute Gasteiger partial charge is 0.349 e. The molecule has 1 aliphatic rings. The van der Waals surface area contributed by atoms with Gasteiger partial charge in [-0.15, -0.1) is 0 Å². The number of rotatable bonds is 4. The maximum absolute atomic E-state index is 12.1. The molecule has 0 saturated carbocycles. The van der Waals surface area contributed by atoms with Gasteiger partial charge < -0.3 is 15.5 Å². The summed E-state index contributed by atoms with van der Waals surface area (Å²) in [5.74, 6) is 0.440. The highest BCUT2D eigenvalue weighted by molar-refractivity contribution is 5.95. The Morgan fingerprint density at radius 2 is 1.95 bits per heavy atom. The highest BCUT2D eigenvalue weighted by Crippen LogP contribution is 2.17. The summed E-state index contributed by atoms with van der Waals surface area (Å²) in [6.45, 7) is 2.98. The highest BCUT2D eigenvalue weighted by Gasteiger charge is 2.29. The van der Waals surface area contributed by atoms with E-state index in [-0.39, 0.29) is 17.9 Å². The fourth-order valence-corrected chi connectivity index (χ4v) is 2.44. The molecule has 21 heavy (non-hydrogen) atoms. The van der Waals surface area contributed by atoms with Crippen LogP contribution in [-0.2, 0) is 16.0 Å². The molecule has 2 rings (SSSR count). The summed E-state index contributed by atoms with van der Waals surface area (Å²) in [4.78, 5) is 25.3. The third-order valence-electron chi connectivity index (χ3n) is 3.89. The van der Waals surface area contributed by atoms with Crippen LogP contribution >= 0.6 is 0 Å². The number of nitrogens with one attached hydrogen (secondary N) is 2. The Morgan fingerprint density at radius 1 is 1.29 bits per heavy atom. The zero-order valence-corrected chi connectivity index (χ0v) is 12.8. The first-order valence-corrected chi connectivity index (χ1v) is 7.30. The molecule has 114 valence electrons. The third-order valence-corrected chi connectivity index (χ3v) is 3.89. The average molecular weight is 289 g/mol. The molecule has 5 nitrogen and oxygen atoms in total. The molecule has 2 atom stereocenters. The van der Waals surface area contributed by atoms with E-state index in [2.05, 4.69) is 17.6 Å². The van der Waals surface area contributed by atoms with Crippen LogP contribution in [0, 0.1) is 5.92 Å². The van der Waals surface area contributed by atoms with E-state index in [9.17, 15) is 9.59 Å². The number of likely N-dealkylation sites (N-methyl/N-ethyl adjacent to an activating group) is 1.